The molecule has 1 N–H and O–H groups in total. The highest BCUT2D eigenvalue weighted by atomic mass is 15.4. The maximum atomic E-state index is 4.18. The average molecular weight is 265 g/mol. The van der Waals surface area contributed by atoms with Crippen LogP contribution in [0.15, 0.2) is 6.20 Å². The van der Waals surface area contributed by atoms with Gasteiger partial charge < -0.3 is 10.2 Å². The largest absolute Gasteiger partial charge is 0.311 e. The van der Waals surface area contributed by atoms with Crippen molar-refractivity contribution in [3.63, 3.8) is 0 Å². The molecule has 0 aliphatic carbocycles. The van der Waals surface area contributed by atoms with Crippen LogP contribution in [0, 0.1) is 5.92 Å². The standard InChI is InChI=1S/C14H27N5/c1-3-13-5-7-18(8-6-13)9-10-19-12-14(16-17-19)11-15-4-2/h12-13,15H,3-11H2,1-2H3. The molecule has 0 spiro atoms. The summed E-state index contributed by atoms with van der Waals surface area (Å²) in [7, 11) is 0. The number of rotatable bonds is 7. The van der Waals surface area contributed by atoms with Crippen LogP contribution in [0.1, 0.15) is 38.8 Å². The maximum absolute atomic E-state index is 4.18. The van der Waals surface area contributed by atoms with Crippen molar-refractivity contribution in [2.45, 2.75) is 46.2 Å². The Morgan fingerprint density at radius 2 is 2.05 bits per heavy atom. The van der Waals surface area contributed by atoms with Crippen molar-refractivity contribution in [2.24, 2.45) is 5.92 Å². The van der Waals surface area contributed by atoms with Crippen molar-refractivity contribution >= 4 is 0 Å². The van der Waals surface area contributed by atoms with E-state index in [0.29, 0.717) is 0 Å². The lowest BCUT2D eigenvalue weighted by Crippen LogP contribution is -2.35. The van der Waals surface area contributed by atoms with Crippen LogP contribution in [0.2, 0.25) is 0 Å². The van der Waals surface area contributed by atoms with E-state index in [1.165, 1.54) is 32.4 Å². The average Bonchev–Trinajstić information content (AvgIpc) is 2.91. The van der Waals surface area contributed by atoms with Gasteiger partial charge in [-0.05, 0) is 38.4 Å². The van der Waals surface area contributed by atoms with E-state index in [-0.39, 0.29) is 0 Å². The Balaban J connectivity index is 1.69. The van der Waals surface area contributed by atoms with Crippen LogP contribution in [-0.2, 0) is 13.1 Å². The number of nitrogens with one attached hydrogen (secondary N) is 1. The minimum atomic E-state index is 0.818. The number of nitrogens with zero attached hydrogens (tertiary/aromatic N) is 4. The van der Waals surface area contributed by atoms with Gasteiger partial charge in [-0.25, -0.2) is 0 Å². The van der Waals surface area contributed by atoms with Crippen LogP contribution in [0.4, 0.5) is 0 Å². The number of hydrogen-bond acceptors (Lipinski definition) is 4. The number of likely N-dealkylation sites (tertiary alicyclic amines) is 1. The van der Waals surface area contributed by atoms with Gasteiger partial charge in [0.1, 0.15) is 0 Å². The summed E-state index contributed by atoms with van der Waals surface area (Å²) < 4.78 is 1.97. The first-order valence-electron chi connectivity index (χ1n) is 7.64. The molecule has 1 fully saturated rings. The second kappa shape index (κ2) is 7.60. The molecule has 5 heteroatoms. The second-order valence-corrected chi connectivity index (χ2v) is 5.45. The highest BCUT2D eigenvalue weighted by Crippen LogP contribution is 2.19. The summed E-state index contributed by atoms with van der Waals surface area (Å²) in [5, 5.41) is 11.6. The molecule has 19 heavy (non-hydrogen) atoms. The number of aromatic nitrogens is 3. The summed E-state index contributed by atoms with van der Waals surface area (Å²) in [5.74, 6) is 0.953. The molecule has 2 heterocycles. The molecule has 1 aliphatic rings. The van der Waals surface area contributed by atoms with E-state index >= 15 is 0 Å². The first-order valence-corrected chi connectivity index (χ1v) is 7.64. The van der Waals surface area contributed by atoms with Crippen LogP contribution in [0.25, 0.3) is 0 Å². The van der Waals surface area contributed by atoms with E-state index in [4.69, 9.17) is 0 Å². The second-order valence-electron chi connectivity index (χ2n) is 5.45. The molecular weight excluding hydrogens is 238 g/mol. The molecule has 0 bridgehead atoms. The van der Waals surface area contributed by atoms with Crippen molar-refractivity contribution in [1.29, 1.82) is 0 Å². The molecular formula is C14H27N5. The van der Waals surface area contributed by atoms with Crippen molar-refractivity contribution in [1.82, 2.24) is 25.2 Å². The zero-order valence-electron chi connectivity index (χ0n) is 12.3. The van der Waals surface area contributed by atoms with Gasteiger partial charge in [0.2, 0.25) is 0 Å². The minimum absolute atomic E-state index is 0.818. The molecule has 1 aliphatic heterocycles. The van der Waals surface area contributed by atoms with Crippen LogP contribution < -0.4 is 5.32 Å². The molecule has 0 radical (unpaired) electrons. The van der Waals surface area contributed by atoms with Crippen LogP contribution in [-0.4, -0.2) is 46.1 Å². The van der Waals surface area contributed by atoms with E-state index in [1.54, 1.807) is 0 Å². The normalized spacial score (nSPS) is 18.0. The zero-order valence-corrected chi connectivity index (χ0v) is 12.3. The molecule has 1 aromatic heterocycles. The summed E-state index contributed by atoms with van der Waals surface area (Å²) in [6.07, 6.45) is 6.12. The van der Waals surface area contributed by atoms with Crippen LogP contribution in [0.5, 0.6) is 0 Å². The van der Waals surface area contributed by atoms with Crippen molar-refractivity contribution in [3.05, 3.63) is 11.9 Å². The lowest BCUT2D eigenvalue weighted by atomic mass is 9.94. The molecule has 108 valence electrons. The van der Waals surface area contributed by atoms with Crippen molar-refractivity contribution in [3.8, 4) is 0 Å². The molecule has 0 aromatic carbocycles. The molecule has 0 amide bonds. The smallest absolute Gasteiger partial charge is 0.0964 e. The van der Waals surface area contributed by atoms with Gasteiger partial charge >= 0.3 is 0 Å². The van der Waals surface area contributed by atoms with Crippen LogP contribution >= 0.6 is 0 Å². The van der Waals surface area contributed by atoms with Gasteiger partial charge in [-0.2, -0.15) is 0 Å². The van der Waals surface area contributed by atoms with Gasteiger partial charge in [0, 0.05) is 19.3 Å². The van der Waals surface area contributed by atoms with Crippen molar-refractivity contribution in [2.75, 3.05) is 26.2 Å². The minimum Gasteiger partial charge on any atom is -0.311 e. The van der Waals surface area contributed by atoms with Crippen LogP contribution in [0.3, 0.4) is 0 Å². The fourth-order valence-corrected chi connectivity index (χ4v) is 2.64. The van der Waals surface area contributed by atoms with E-state index < -0.39 is 0 Å². The van der Waals surface area contributed by atoms with Gasteiger partial charge in [-0.3, -0.25) is 4.68 Å². The van der Waals surface area contributed by atoms with Gasteiger partial charge in [0.15, 0.2) is 0 Å². The summed E-state index contributed by atoms with van der Waals surface area (Å²) in [5.41, 5.74) is 1.03. The monoisotopic (exact) mass is 265 g/mol. The van der Waals surface area contributed by atoms with Gasteiger partial charge in [-0.1, -0.05) is 25.5 Å². The predicted molar refractivity (Wildman–Crippen MR) is 76.9 cm³/mol. The summed E-state index contributed by atoms with van der Waals surface area (Å²) in [6.45, 7) is 10.7. The maximum Gasteiger partial charge on any atom is 0.0964 e. The van der Waals surface area contributed by atoms with Gasteiger partial charge in [-0.15, -0.1) is 5.10 Å². The summed E-state index contributed by atoms with van der Waals surface area (Å²) in [6, 6.07) is 0. The Hall–Kier alpha value is -0.940. The first kappa shape index (κ1) is 14.5. The zero-order chi connectivity index (χ0) is 13.5. The quantitative estimate of drug-likeness (QED) is 0.812. The summed E-state index contributed by atoms with van der Waals surface area (Å²) >= 11 is 0. The molecule has 1 aromatic rings. The topological polar surface area (TPSA) is 46.0 Å². The lowest BCUT2D eigenvalue weighted by Gasteiger charge is -2.31. The highest BCUT2D eigenvalue weighted by molar-refractivity contribution is 4.91. The predicted octanol–water partition coefficient (Wildman–Crippen LogP) is 1.51. The fourth-order valence-electron chi connectivity index (χ4n) is 2.64. The highest BCUT2D eigenvalue weighted by Gasteiger charge is 2.17. The molecule has 0 atom stereocenters. The Morgan fingerprint density at radius 3 is 2.74 bits per heavy atom. The third kappa shape index (κ3) is 4.58. The van der Waals surface area contributed by atoms with E-state index in [1.807, 2.05) is 4.68 Å². The third-order valence-corrected chi connectivity index (χ3v) is 4.07. The molecule has 5 nitrogen and oxygen atoms in total. The Morgan fingerprint density at radius 1 is 1.26 bits per heavy atom. The number of hydrogen-bond donors (Lipinski definition) is 1. The third-order valence-electron chi connectivity index (χ3n) is 4.07. The fraction of sp³-hybridized carbons (Fsp3) is 0.857. The molecule has 2 rings (SSSR count). The van der Waals surface area contributed by atoms with Gasteiger partial charge in [0.05, 0.1) is 12.2 Å². The number of piperidine rings is 1. The first-order chi connectivity index (χ1) is 9.31. The molecule has 0 unspecified atom stereocenters. The Kier molecular flexibility index (Phi) is 5.79. The van der Waals surface area contributed by atoms with E-state index in [2.05, 4.69) is 40.6 Å². The van der Waals surface area contributed by atoms with Gasteiger partial charge in [0.25, 0.3) is 0 Å². The van der Waals surface area contributed by atoms with E-state index in [0.717, 1.165) is 37.8 Å². The summed E-state index contributed by atoms with van der Waals surface area (Å²) in [4.78, 5) is 2.55. The molecule has 1 saturated heterocycles. The molecule has 0 saturated carbocycles. The lowest BCUT2D eigenvalue weighted by molar-refractivity contribution is 0.174. The van der Waals surface area contributed by atoms with E-state index in [9.17, 15) is 0 Å². The Bertz CT molecular complexity index is 354. The SMILES string of the molecule is CCNCc1cn(CCN2CCC(CC)CC2)nn1. The van der Waals surface area contributed by atoms with Crippen molar-refractivity contribution < 1.29 is 0 Å². The Labute approximate surface area is 116 Å².